The highest BCUT2D eigenvalue weighted by atomic mass is 79.9. The number of likely N-dealkylation sites (tertiary alicyclic amines) is 1. The van der Waals surface area contributed by atoms with E-state index in [0.717, 1.165) is 28.5 Å². The van der Waals surface area contributed by atoms with E-state index in [2.05, 4.69) is 46.8 Å². The molecule has 94 valence electrons. The topological polar surface area (TPSA) is 29.3 Å². The molecule has 1 aliphatic heterocycles. The Bertz CT molecular complexity index is 392. The third-order valence-electron chi connectivity index (χ3n) is 3.92. The zero-order chi connectivity index (χ0) is 12.4. The van der Waals surface area contributed by atoms with Gasteiger partial charge in [0.15, 0.2) is 0 Å². The molecule has 1 saturated heterocycles. The van der Waals surface area contributed by atoms with Gasteiger partial charge in [0, 0.05) is 23.2 Å². The van der Waals surface area contributed by atoms with E-state index >= 15 is 0 Å². The smallest absolute Gasteiger partial charge is 0.0371 e. The summed E-state index contributed by atoms with van der Waals surface area (Å²) < 4.78 is 1.05. The van der Waals surface area contributed by atoms with Gasteiger partial charge in [-0.1, -0.05) is 35.8 Å². The molecule has 1 aliphatic rings. The van der Waals surface area contributed by atoms with Crippen molar-refractivity contribution in [3.63, 3.8) is 0 Å². The Morgan fingerprint density at radius 1 is 1.35 bits per heavy atom. The molecule has 0 spiro atoms. The Kier molecular flexibility index (Phi) is 4.10. The Hall–Kier alpha value is -0.540. The van der Waals surface area contributed by atoms with E-state index in [4.69, 9.17) is 5.73 Å². The molecule has 17 heavy (non-hydrogen) atoms. The molecule has 3 heteroatoms. The number of hydrogen-bond acceptors (Lipinski definition) is 2. The van der Waals surface area contributed by atoms with E-state index in [1.54, 1.807) is 0 Å². The first-order valence-corrected chi connectivity index (χ1v) is 7.12. The number of anilines is 1. The van der Waals surface area contributed by atoms with Gasteiger partial charge in [-0.2, -0.15) is 0 Å². The Labute approximate surface area is 112 Å². The van der Waals surface area contributed by atoms with Crippen molar-refractivity contribution < 1.29 is 0 Å². The van der Waals surface area contributed by atoms with E-state index in [0.29, 0.717) is 0 Å². The van der Waals surface area contributed by atoms with Crippen LogP contribution in [0.15, 0.2) is 22.7 Å². The van der Waals surface area contributed by atoms with Gasteiger partial charge in [-0.3, -0.25) is 4.90 Å². The lowest BCUT2D eigenvalue weighted by atomic mass is 9.88. The number of nitrogens with zero attached hydrogens (tertiary/aromatic N) is 1. The summed E-state index contributed by atoms with van der Waals surface area (Å²) in [7, 11) is 0. The second kappa shape index (κ2) is 5.40. The van der Waals surface area contributed by atoms with Crippen molar-refractivity contribution in [1.29, 1.82) is 0 Å². The van der Waals surface area contributed by atoms with E-state index in [-0.39, 0.29) is 0 Å². The van der Waals surface area contributed by atoms with Crippen LogP contribution in [0.4, 0.5) is 5.69 Å². The number of rotatable bonds is 2. The highest BCUT2D eigenvalue weighted by molar-refractivity contribution is 9.10. The lowest BCUT2D eigenvalue weighted by Crippen LogP contribution is -2.37. The largest absolute Gasteiger partial charge is 0.398 e. The fourth-order valence-corrected chi connectivity index (χ4v) is 2.82. The number of hydrogen-bond donors (Lipinski definition) is 1. The molecular formula is C14H21BrN2. The lowest BCUT2D eigenvalue weighted by molar-refractivity contribution is 0.132. The van der Waals surface area contributed by atoms with Crippen LogP contribution in [0.25, 0.3) is 0 Å². The maximum Gasteiger partial charge on any atom is 0.0371 e. The second-order valence-corrected chi connectivity index (χ2v) is 6.24. The first kappa shape index (κ1) is 12.9. The van der Waals surface area contributed by atoms with Crippen LogP contribution in [0, 0.1) is 11.8 Å². The SMILES string of the molecule is CC1CCN(Cc2ccc(Br)cc2N)CC1C. The summed E-state index contributed by atoms with van der Waals surface area (Å²) >= 11 is 3.45. The fraction of sp³-hybridized carbons (Fsp3) is 0.571. The molecule has 1 aromatic rings. The molecule has 0 saturated carbocycles. The molecule has 2 N–H and O–H groups in total. The zero-order valence-electron chi connectivity index (χ0n) is 10.6. The number of nitrogens with two attached hydrogens (primary N) is 1. The zero-order valence-corrected chi connectivity index (χ0v) is 12.2. The van der Waals surface area contributed by atoms with Crippen molar-refractivity contribution in [3.05, 3.63) is 28.2 Å². The first-order valence-electron chi connectivity index (χ1n) is 6.32. The Morgan fingerprint density at radius 2 is 2.12 bits per heavy atom. The van der Waals surface area contributed by atoms with Crippen LogP contribution >= 0.6 is 15.9 Å². The number of piperidine rings is 1. The molecule has 2 unspecified atom stereocenters. The molecule has 0 radical (unpaired) electrons. The third-order valence-corrected chi connectivity index (χ3v) is 4.41. The minimum absolute atomic E-state index is 0.792. The van der Waals surface area contributed by atoms with Crippen LogP contribution in [0.5, 0.6) is 0 Å². The molecule has 1 heterocycles. The van der Waals surface area contributed by atoms with Crippen molar-refractivity contribution in [3.8, 4) is 0 Å². The number of benzene rings is 1. The minimum atomic E-state index is 0.792. The molecule has 1 fully saturated rings. The van der Waals surface area contributed by atoms with E-state index in [1.807, 2.05) is 6.07 Å². The van der Waals surface area contributed by atoms with Crippen LogP contribution in [0.2, 0.25) is 0 Å². The Morgan fingerprint density at radius 3 is 2.76 bits per heavy atom. The molecule has 0 amide bonds. The average Bonchev–Trinajstić information content (AvgIpc) is 2.27. The second-order valence-electron chi connectivity index (χ2n) is 5.32. The van der Waals surface area contributed by atoms with Gasteiger partial charge >= 0.3 is 0 Å². The number of nitrogen functional groups attached to an aromatic ring is 1. The monoisotopic (exact) mass is 296 g/mol. The lowest BCUT2D eigenvalue weighted by Gasteiger charge is -2.35. The van der Waals surface area contributed by atoms with E-state index in [1.165, 1.54) is 25.1 Å². The van der Waals surface area contributed by atoms with Crippen molar-refractivity contribution in [2.24, 2.45) is 11.8 Å². The summed E-state index contributed by atoms with van der Waals surface area (Å²) in [6.07, 6.45) is 1.30. The number of halogens is 1. The fourth-order valence-electron chi connectivity index (χ4n) is 2.44. The molecule has 0 bridgehead atoms. The van der Waals surface area contributed by atoms with Gasteiger partial charge in [-0.15, -0.1) is 0 Å². The van der Waals surface area contributed by atoms with E-state index in [9.17, 15) is 0 Å². The molecule has 0 aromatic heterocycles. The van der Waals surface area contributed by atoms with Crippen molar-refractivity contribution >= 4 is 21.6 Å². The molecular weight excluding hydrogens is 276 g/mol. The standard InChI is InChI=1S/C14H21BrN2/c1-10-5-6-17(8-11(10)2)9-12-3-4-13(15)7-14(12)16/h3-4,7,10-11H,5-6,8-9,16H2,1-2H3. The van der Waals surface area contributed by atoms with Crippen LogP contribution in [-0.4, -0.2) is 18.0 Å². The maximum atomic E-state index is 6.04. The van der Waals surface area contributed by atoms with Crippen LogP contribution in [0.3, 0.4) is 0 Å². The van der Waals surface area contributed by atoms with Gasteiger partial charge in [0.05, 0.1) is 0 Å². The van der Waals surface area contributed by atoms with Crippen LogP contribution in [-0.2, 0) is 6.54 Å². The van der Waals surface area contributed by atoms with Crippen LogP contribution < -0.4 is 5.73 Å². The quantitative estimate of drug-likeness (QED) is 0.846. The summed E-state index contributed by atoms with van der Waals surface area (Å²) in [6, 6.07) is 6.19. The molecule has 0 aliphatic carbocycles. The predicted molar refractivity (Wildman–Crippen MR) is 76.8 cm³/mol. The van der Waals surface area contributed by atoms with Gasteiger partial charge in [-0.25, -0.2) is 0 Å². The molecule has 2 rings (SSSR count). The van der Waals surface area contributed by atoms with Crippen LogP contribution in [0.1, 0.15) is 25.8 Å². The van der Waals surface area contributed by atoms with Crippen molar-refractivity contribution in [2.75, 3.05) is 18.8 Å². The van der Waals surface area contributed by atoms with Crippen molar-refractivity contribution in [2.45, 2.75) is 26.8 Å². The highest BCUT2D eigenvalue weighted by Crippen LogP contribution is 2.25. The van der Waals surface area contributed by atoms with Gasteiger partial charge in [-0.05, 0) is 42.5 Å². The minimum Gasteiger partial charge on any atom is -0.398 e. The molecule has 2 nitrogen and oxygen atoms in total. The summed E-state index contributed by atoms with van der Waals surface area (Å²) in [5.41, 5.74) is 8.18. The van der Waals surface area contributed by atoms with Gasteiger partial charge < -0.3 is 5.73 Å². The van der Waals surface area contributed by atoms with Gasteiger partial charge in [0.1, 0.15) is 0 Å². The Balaban J connectivity index is 2.01. The highest BCUT2D eigenvalue weighted by Gasteiger charge is 2.22. The van der Waals surface area contributed by atoms with Crippen molar-refractivity contribution in [1.82, 2.24) is 4.90 Å². The average molecular weight is 297 g/mol. The first-order chi connectivity index (χ1) is 8.06. The predicted octanol–water partition coefficient (Wildman–Crippen LogP) is 3.51. The van der Waals surface area contributed by atoms with Gasteiger partial charge in [0.25, 0.3) is 0 Å². The van der Waals surface area contributed by atoms with Gasteiger partial charge in [0.2, 0.25) is 0 Å². The normalized spacial score (nSPS) is 26.1. The summed E-state index contributed by atoms with van der Waals surface area (Å²) in [6.45, 7) is 8.08. The maximum absolute atomic E-state index is 6.04. The molecule has 2 atom stereocenters. The third kappa shape index (κ3) is 3.23. The summed E-state index contributed by atoms with van der Waals surface area (Å²) in [5, 5.41) is 0. The summed E-state index contributed by atoms with van der Waals surface area (Å²) in [5.74, 6) is 1.65. The van der Waals surface area contributed by atoms with E-state index < -0.39 is 0 Å². The summed E-state index contributed by atoms with van der Waals surface area (Å²) in [4.78, 5) is 2.52. The molecule has 1 aromatic carbocycles.